The predicted octanol–water partition coefficient (Wildman–Crippen LogP) is 4.97. The number of rotatable bonds is 4. The smallest absolute Gasteiger partial charge is 0.173 e. The molecule has 0 bridgehead atoms. The highest BCUT2D eigenvalue weighted by Crippen LogP contribution is 2.40. The average molecular weight is 358 g/mol. The Bertz CT molecular complexity index is 1000. The molecular weight excluding hydrogens is 348 g/mol. The van der Waals surface area contributed by atoms with Crippen molar-refractivity contribution >= 4 is 51.7 Å². The zero-order chi connectivity index (χ0) is 15.8. The third kappa shape index (κ3) is 2.46. The first-order valence-electron chi connectivity index (χ1n) is 6.75. The first-order valence-corrected chi connectivity index (χ1v) is 9.11. The van der Waals surface area contributed by atoms with E-state index in [4.69, 9.17) is 4.74 Å². The maximum atomic E-state index is 10.9. The van der Waals surface area contributed by atoms with E-state index < -0.39 is 0 Å². The number of aldehydes is 1. The molecule has 23 heavy (non-hydrogen) atoms. The summed E-state index contributed by atoms with van der Waals surface area (Å²) >= 11 is 4.25. The second-order valence-corrected chi connectivity index (χ2v) is 7.45. The minimum absolute atomic E-state index is 0.711. The van der Waals surface area contributed by atoms with Crippen molar-refractivity contribution in [1.29, 1.82) is 0 Å². The van der Waals surface area contributed by atoms with Crippen LogP contribution in [0.15, 0.2) is 36.4 Å². The van der Waals surface area contributed by atoms with Crippen molar-refractivity contribution in [3.63, 3.8) is 0 Å². The topological polar surface area (TPSA) is 52.1 Å². The van der Waals surface area contributed by atoms with Gasteiger partial charge in [0.15, 0.2) is 11.3 Å². The second kappa shape index (κ2) is 5.84. The summed E-state index contributed by atoms with van der Waals surface area (Å²) in [5.41, 5.74) is 3.83. The van der Waals surface area contributed by atoms with E-state index in [-0.39, 0.29) is 0 Å². The Morgan fingerprint density at radius 1 is 0.913 bits per heavy atom. The van der Waals surface area contributed by atoms with Crippen LogP contribution in [-0.4, -0.2) is 22.1 Å². The van der Waals surface area contributed by atoms with Crippen molar-refractivity contribution in [3.8, 4) is 25.9 Å². The molecule has 0 aliphatic heterocycles. The van der Waals surface area contributed by atoms with Crippen molar-refractivity contribution in [3.05, 3.63) is 41.3 Å². The summed E-state index contributed by atoms with van der Waals surface area (Å²) in [5.74, 6) is 0. The molecular formula is C16H10N2O2S3. The van der Waals surface area contributed by atoms with Crippen LogP contribution in [0.2, 0.25) is 0 Å². The van der Waals surface area contributed by atoms with E-state index in [9.17, 15) is 4.79 Å². The highest BCUT2D eigenvalue weighted by atomic mass is 32.1. The third-order valence-corrected chi connectivity index (χ3v) is 6.12. The normalized spacial score (nSPS) is 11.0. The van der Waals surface area contributed by atoms with Gasteiger partial charge in [0.25, 0.3) is 0 Å². The van der Waals surface area contributed by atoms with Crippen LogP contribution in [0.1, 0.15) is 9.67 Å². The Kier molecular flexibility index (Phi) is 3.68. The first kappa shape index (κ1) is 14.5. The molecule has 4 nitrogen and oxygen atoms in total. The standard InChI is InChI=1S/C16H10N2O2S3/c1-20-14-7-6-13(22-14)11-4-3-10(15-16(11)18-23-17-15)12-5-2-9(8-19)21-12/h2-8H,1H3. The summed E-state index contributed by atoms with van der Waals surface area (Å²) in [7, 11) is 1.67. The zero-order valence-electron chi connectivity index (χ0n) is 12.0. The fourth-order valence-electron chi connectivity index (χ4n) is 2.40. The van der Waals surface area contributed by atoms with Gasteiger partial charge in [0.2, 0.25) is 0 Å². The van der Waals surface area contributed by atoms with Crippen molar-refractivity contribution < 1.29 is 9.53 Å². The van der Waals surface area contributed by atoms with Crippen molar-refractivity contribution in [2.45, 2.75) is 0 Å². The van der Waals surface area contributed by atoms with E-state index in [1.54, 1.807) is 18.4 Å². The largest absolute Gasteiger partial charge is 0.487 e. The minimum Gasteiger partial charge on any atom is -0.487 e. The molecule has 0 amide bonds. The lowest BCUT2D eigenvalue weighted by Crippen LogP contribution is -1.81. The summed E-state index contributed by atoms with van der Waals surface area (Å²) in [5, 5.41) is 0.870. The molecule has 0 aliphatic carbocycles. The number of nitrogens with zero attached hydrogens (tertiary/aromatic N) is 2. The Labute approximate surface area is 144 Å². The first-order chi connectivity index (χ1) is 11.3. The molecule has 3 heterocycles. The molecule has 3 aromatic heterocycles. The van der Waals surface area contributed by atoms with Crippen molar-refractivity contribution in [2.24, 2.45) is 0 Å². The van der Waals surface area contributed by atoms with Crippen LogP contribution in [0.4, 0.5) is 0 Å². The molecule has 0 radical (unpaired) electrons. The van der Waals surface area contributed by atoms with Gasteiger partial charge in [0, 0.05) is 20.9 Å². The zero-order valence-corrected chi connectivity index (χ0v) is 14.4. The number of methoxy groups -OCH3 is 1. The number of thiophene rings is 2. The number of fused-ring (bicyclic) bond motifs is 1. The van der Waals surface area contributed by atoms with Gasteiger partial charge in [-0.3, -0.25) is 4.79 Å². The highest BCUT2D eigenvalue weighted by molar-refractivity contribution is 7.17. The van der Waals surface area contributed by atoms with Gasteiger partial charge in [-0.1, -0.05) is 23.5 Å². The lowest BCUT2D eigenvalue weighted by Gasteiger charge is -2.03. The van der Waals surface area contributed by atoms with E-state index >= 15 is 0 Å². The fourth-order valence-corrected chi connectivity index (χ4v) is 4.67. The van der Waals surface area contributed by atoms with Gasteiger partial charge in [0.1, 0.15) is 11.0 Å². The van der Waals surface area contributed by atoms with Crippen LogP contribution in [0, 0.1) is 0 Å². The Hall–Kier alpha value is -2.09. The maximum absolute atomic E-state index is 10.9. The molecule has 1 aromatic carbocycles. The molecule has 0 unspecified atom stereocenters. The summed E-state index contributed by atoms with van der Waals surface area (Å²) in [6, 6.07) is 11.9. The van der Waals surface area contributed by atoms with E-state index in [0.29, 0.717) is 4.88 Å². The quantitative estimate of drug-likeness (QED) is 0.483. The van der Waals surface area contributed by atoms with Crippen LogP contribution in [-0.2, 0) is 0 Å². The monoisotopic (exact) mass is 358 g/mol. The lowest BCUT2D eigenvalue weighted by molar-refractivity contribution is 0.112. The van der Waals surface area contributed by atoms with Crippen LogP contribution in [0.3, 0.4) is 0 Å². The number of carbonyl (C=O) groups is 1. The van der Waals surface area contributed by atoms with E-state index in [0.717, 1.165) is 43.3 Å². The molecule has 4 rings (SSSR count). The Balaban J connectivity index is 1.88. The number of hydrogen-bond donors (Lipinski definition) is 0. The summed E-state index contributed by atoms with van der Waals surface area (Å²) < 4.78 is 14.2. The van der Waals surface area contributed by atoms with Crippen molar-refractivity contribution in [1.82, 2.24) is 8.75 Å². The molecule has 0 spiro atoms. The van der Waals surface area contributed by atoms with Crippen molar-refractivity contribution in [2.75, 3.05) is 7.11 Å². The fraction of sp³-hybridized carbons (Fsp3) is 0.0625. The molecule has 7 heteroatoms. The number of ether oxygens (including phenoxy) is 1. The van der Waals surface area contributed by atoms with Gasteiger partial charge in [-0.2, -0.15) is 8.75 Å². The molecule has 4 aromatic rings. The number of hydrogen-bond acceptors (Lipinski definition) is 7. The van der Waals surface area contributed by atoms with E-state index in [1.165, 1.54) is 23.1 Å². The van der Waals surface area contributed by atoms with Crippen LogP contribution in [0.5, 0.6) is 5.06 Å². The third-order valence-electron chi connectivity index (χ3n) is 3.47. The van der Waals surface area contributed by atoms with E-state index in [1.807, 2.05) is 30.3 Å². The van der Waals surface area contributed by atoms with Crippen LogP contribution < -0.4 is 4.74 Å². The van der Waals surface area contributed by atoms with Gasteiger partial charge in [-0.15, -0.1) is 11.3 Å². The lowest BCUT2D eigenvalue weighted by atomic mass is 10.1. The SMILES string of the molecule is COc1ccc(-c2ccc(-c3ccc(C=O)s3)c3nsnc23)s1. The van der Waals surface area contributed by atoms with E-state index in [2.05, 4.69) is 14.8 Å². The predicted molar refractivity (Wildman–Crippen MR) is 96.0 cm³/mol. The van der Waals surface area contributed by atoms with Gasteiger partial charge >= 0.3 is 0 Å². The Morgan fingerprint density at radius 2 is 1.57 bits per heavy atom. The second-order valence-electron chi connectivity index (χ2n) is 4.76. The molecule has 0 N–H and O–H groups in total. The van der Waals surface area contributed by atoms with Gasteiger partial charge in [-0.05, 0) is 24.3 Å². The van der Waals surface area contributed by atoms with Crippen LogP contribution >= 0.6 is 34.4 Å². The molecule has 0 saturated carbocycles. The number of carbonyl (C=O) groups excluding carboxylic acids is 1. The molecule has 0 fully saturated rings. The average Bonchev–Trinajstić information content (AvgIpc) is 3.32. The molecule has 0 aliphatic rings. The highest BCUT2D eigenvalue weighted by Gasteiger charge is 2.15. The number of benzene rings is 1. The maximum Gasteiger partial charge on any atom is 0.173 e. The van der Waals surface area contributed by atoms with Gasteiger partial charge < -0.3 is 4.74 Å². The summed E-state index contributed by atoms with van der Waals surface area (Å²) in [6.45, 7) is 0. The minimum atomic E-state index is 0.711. The molecule has 0 saturated heterocycles. The summed E-state index contributed by atoms with van der Waals surface area (Å²) in [6.07, 6.45) is 0.872. The molecule has 0 atom stereocenters. The Morgan fingerprint density at radius 3 is 2.13 bits per heavy atom. The summed E-state index contributed by atoms with van der Waals surface area (Å²) in [4.78, 5) is 13.8. The molecule has 114 valence electrons. The van der Waals surface area contributed by atoms with Gasteiger partial charge in [-0.25, -0.2) is 0 Å². The number of aromatic nitrogens is 2. The van der Waals surface area contributed by atoms with Crippen LogP contribution in [0.25, 0.3) is 31.9 Å². The van der Waals surface area contributed by atoms with Gasteiger partial charge in [0.05, 0.1) is 23.7 Å².